The molecule has 0 spiro atoms. The number of nitrogens with one attached hydrogen (secondary N) is 1. The molecule has 1 aliphatic heterocycles. The van der Waals surface area contributed by atoms with Gasteiger partial charge in [-0.1, -0.05) is 18.0 Å². The fourth-order valence-electron chi connectivity index (χ4n) is 3.29. The van der Waals surface area contributed by atoms with Gasteiger partial charge >= 0.3 is 0 Å². The number of halogens is 1. The molecule has 6 nitrogen and oxygen atoms in total. The normalized spacial score (nSPS) is 17.9. The van der Waals surface area contributed by atoms with E-state index in [1.807, 2.05) is 6.92 Å². The number of anilines is 1. The fourth-order valence-corrected chi connectivity index (χ4v) is 5.25. The van der Waals surface area contributed by atoms with Crippen LogP contribution in [-0.2, 0) is 10.0 Å². The van der Waals surface area contributed by atoms with Crippen LogP contribution in [0.1, 0.15) is 36.5 Å². The summed E-state index contributed by atoms with van der Waals surface area (Å²) in [4.78, 5) is 12.6. The maximum atomic E-state index is 12.9. The molecule has 1 heterocycles. The third kappa shape index (κ3) is 4.32. The molecule has 8 heteroatoms. The van der Waals surface area contributed by atoms with Crippen molar-refractivity contribution in [1.29, 1.82) is 0 Å². The number of hydrogen-bond donors (Lipinski definition) is 1. The predicted molar refractivity (Wildman–Crippen MR) is 110 cm³/mol. The van der Waals surface area contributed by atoms with E-state index >= 15 is 0 Å². The summed E-state index contributed by atoms with van der Waals surface area (Å²) in [7, 11) is -2.04. The molecule has 1 fully saturated rings. The average molecular weight is 423 g/mol. The minimum Gasteiger partial charge on any atom is -0.495 e. The lowest BCUT2D eigenvalue weighted by Crippen LogP contribution is -2.41. The fraction of sp³-hybridized carbons (Fsp3) is 0.350. The Bertz CT molecular complexity index is 961. The lowest BCUT2D eigenvalue weighted by Gasteiger charge is -2.32. The number of amides is 1. The van der Waals surface area contributed by atoms with Gasteiger partial charge in [-0.15, -0.1) is 0 Å². The van der Waals surface area contributed by atoms with E-state index in [0.717, 1.165) is 19.3 Å². The number of benzene rings is 2. The van der Waals surface area contributed by atoms with Crippen molar-refractivity contribution in [1.82, 2.24) is 4.31 Å². The van der Waals surface area contributed by atoms with Crippen LogP contribution in [0.5, 0.6) is 5.75 Å². The smallest absolute Gasteiger partial charge is 0.255 e. The molecule has 2 aromatic carbocycles. The van der Waals surface area contributed by atoms with Crippen molar-refractivity contribution in [2.45, 2.75) is 37.1 Å². The Hall–Kier alpha value is -2.09. The zero-order valence-corrected chi connectivity index (χ0v) is 17.4. The highest BCUT2D eigenvalue weighted by molar-refractivity contribution is 7.89. The van der Waals surface area contributed by atoms with Crippen LogP contribution in [0.2, 0.25) is 5.02 Å². The molecule has 1 amide bonds. The number of carbonyl (C=O) groups is 1. The van der Waals surface area contributed by atoms with Gasteiger partial charge in [0.25, 0.3) is 5.91 Å². The highest BCUT2D eigenvalue weighted by Gasteiger charge is 2.30. The number of carbonyl (C=O) groups excluding carboxylic acids is 1. The molecule has 3 rings (SSSR count). The lowest BCUT2D eigenvalue weighted by atomic mass is 10.1. The second kappa shape index (κ2) is 8.51. The SMILES string of the molecule is COc1ccc(NC(=O)c2ccc(S(=O)(=O)N3CCCC[C@H]3C)cc2)cc1Cl. The van der Waals surface area contributed by atoms with Gasteiger partial charge in [0.15, 0.2) is 0 Å². The van der Waals surface area contributed by atoms with Crippen LogP contribution in [0.25, 0.3) is 0 Å². The second-order valence-corrected chi connectivity index (χ2v) is 9.09. The number of piperidine rings is 1. The molecule has 150 valence electrons. The molecule has 2 aromatic rings. The number of rotatable bonds is 5. The van der Waals surface area contributed by atoms with Gasteiger partial charge in [0.2, 0.25) is 10.0 Å². The third-order valence-electron chi connectivity index (χ3n) is 4.87. The Balaban J connectivity index is 1.74. The van der Waals surface area contributed by atoms with Gasteiger partial charge < -0.3 is 10.1 Å². The molecule has 1 aliphatic rings. The Morgan fingerprint density at radius 3 is 2.50 bits per heavy atom. The van der Waals surface area contributed by atoms with Crippen molar-refractivity contribution in [2.75, 3.05) is 19.0 Å². The summed E-state index contributed by atoms with van der Waals surface area (Å²) in [6, 6.07) is 10.9. The quantitative estimate of drug-likeness (QED) is 0.784. The summed E-state index contributed by atoms with van der Waals surface area (Å²) in [5, 5.41) is 3.13. The van der Waals surface area contributed by atoms with E-state index < -0.39 is 10.0 Å². The molecule has 0 saturated carbocycles. The zero-order chi connectivity index (χ0) is 20.3. The predicted octanol–water partition coefficient (Wildman–Crippen LogP) is 4.16. The van der Waals surface area contributed by atoms with Crippen LogP contribution in [0.3, 0.4) is 0 Å². The number of methoxy groups -OCH3 is 1. The minimum atomic E-state index is -3.56. The molecule has 0 aromatic heterocycles. The van der Waals surface area contributed by atoms with Crippen molar-refractivity contribution >= 4 is 33.2 Å². The van der Waals surface area contributed by atoms with E-state index in [0.29, 0.717) is 28.6 Å². The molecule has 0 aliphatic carbocycles. The maximum absolute atomic E-state index is 12.9. The standard InChI is InChI=1S/C20H23ClN2O4S/c1-14-5-3-4-12-23(14)28(25,26)17-9-6-15(7-10-17)20(24)22-16-8-11-19(27-2)18(21)13-16/h6-11,13-14H,3-5,12H2,1-2H3,(H,22,24)/t14-/m1/s1. The van der Waals surface area contributed by atoms with Crippen molar-refractivity contribution in [3.8, 4) is 5.75 Å². The van der Waals surface area contributed by atoms with Crippen LogP contribution in [0, 0.1) is 0 Å². The molecule has 0 unspecified atom stereocenters. The molecule has 0 bridgehead atoms. The van der Waals surface area contributed by atoms with E-state index in [-0.39, 0.29) is 16.8 Å². The van der Waals surface area contributed by atoms with E-state index in [1.165, 1.54) is 31.4 Å². The molecule has 0 radical (unpaired) electrons. The number of sulfonamides is 1. The average Bonchev–Trinajstić information content (AvgIpc) is 2.68. The van der Waals surface area contributed by atoms with Gasteiger partial charge in [-0.3, -0.25) is 4.79 Å². The van der Waals surface area contributed by atoms with Crippen LogP contribution in [-0.4, -0.2) is 38.3 Å². The number of nitrogens with zero attached hydrogens (tertiary/aromatic N) is 1. The summed E-state index contributed by atoms with van der Waals surface area (Å²) in [6.45, 7) is 2.46. The summed E-state index contributed by atoms with van der Waals surface area (Å²) in [5.41, 5.74) is 0.882. The molecule has 28 heavy (non-hydrogen) atoms. The van der Waals surface area contributed by atoms with Gasteiger partial charge in [0.05, 0.1) is 17.0 Å². The summed E-state index contributed by atoms with van der Waals surface area (Å²) in [6.07, 6.45) is 2.78. The minimum absolute atomic E-state index is 0.0125. The van der Waals surface area contributed by atoms with Crippen molar-refractivity contribution in [2.24, 2.45) is 0 Å². The van der Waals surface area contributed by atoms with E-state index in [9.17, 15) is 13.2 Å². The maximum Gasteiger partial charge on any atom is 0.255 e. The highest BCUT2D eigenvalue weighted by Crippen LogP contribution is 2.28. The van der Waals surface area contributed by atoms with Crippen molar-refractivity contribution < 1.29 is 17.9 Å². The van der Waals surface area contributed by atoms with Gasteiger partial charge in [-0.05, 0) is 62.2 Å². The van der Waals surface area contributed by atoms with Crippen LogP contribution < -0.4 is 10.1 Å². The number of hydrogen-bond acceptors (Lipinski definition) is 4. The Morgan fingerprint density at radius 1 is 1.18 bits per heavy atom. The first-order valence-electron chi connectivity index (χ1n) is 9.09. The number of ether oxygens (including phenoxy) is 1. The van der Waals surface area contributed by atoms with E-state index in [1.54, 1.807) is 22.5 Å². The largest absolute Gasteiger partial charge is 0.495 e. The summed E-state index contributed by atoms with van der Waals surface area (Å²) < 4.78 is 32.4. The Kier molecular flexibility index (Phi) is 6.27. The van der Waals surface area contributed by atoms with Crippen molar-refractivity contribution in [3.05, 3.63) is 53.1 Å². The second-order valence-electron chi connectivity index (χ2n) is 6.79. The van der Waals surface area contributed by atoms with Gasteiger partial charge in [0, 0.05) is 23.8 Å². The van der Waals surface area contributed by atoms with Gasteiger partial charge in [-0.25, -0.2) is 8.42 Å². The third-order valence-corrected chi connectivity index (χ3v) is 7.20. The van der Waals surface area contributed by atoms with E-state index in [4.69, 9.17) is 16.3 Å². The van der Waals surface area contributed by atoms with Gasteiger partial charge in [0.1, 0.15) is 5.75 Å². The molecular weight excluding hydrogens is 400 g/mol. The molecule has 1 saturated heterocycles. The first-order chi connectivity index (χ1) is 13.3. The van der Waals surface area contributed by atoms with Crippen LogP contribution in [0.15, 0.2) is 47.4 Å². The van der Waals surface area contributed by atoms with Crippen LogP contribution in [0.4, 0.5) is 5.69 Å². The lowest BCUT2D eigenvalue weighted by molar-refractivity contribution is 0.102. The molecular formula is C20H23ClN2O4S. The molecule has 1 atom stereocenters. The van der Waals surface area contributed by atoms with Crippen LogP contribution >= 0.6 is 11.6 Å². The first kappa shape index (κ1) is 20.6. The monoisotopic (exact) mass is 422 g/mol. The van der Waals surface area contributed by atoms with Crippen molar-refractivity contribution in [3.63, 3.8) is 0 Å². The first-order valence-corrected chi connectivity index (χ1v) is 10.9. The van der Waals surface area contributed by atoms with Gasteiger partial charge in [-0.2, -0.15) is 4.31 Å². The highest BCUT2D eigenvalue weighted by atomic mass is 35.5. The van der Waals surface area contributed by atoms with E-state index in [2.05, 4.69) is 5.32 Å². The zero-order valence-electron chi connectivity index (χ0n) is 15.8. The summed E-state index contributed by atoms with van der Waals surface area (Å²) >= 11 is 6.07. The summed E-state index contributed by atoms with van der Waals surface area (Å²) in [5.74, 6) is 0.165. The topological polar surface area (TPSA) is 75.7 Å². The molecule has 1 N–H and O–H groups in total. The Labute approximate surface area is 170 Å². The Morgan fingerprint density at radius 2 is 1.89 bits per heavy atom.